The summed E-state index contributed by atoms with van der Waals surface area (Å²) in [5.74, 6) is -0.825. The van der Waals surface area contributed by atoms with Crippen LogP contribution in [0.5, 0.6) is 28.7 Å². The molecule has 1 spiro atoms. The smallest absolute Gasteiger partial charge is 0.416 e. The number of benzene rings is 4. The second-order valence-corrected chi connectivity index (χ2v) is 21.9. The van der Waals surface area contributed by atoms with Crippen molar-refractivity contribution in [2.45, 2.75) is 103 Å². The molecule has 7 amide bonds. The Bertz CT molecular complexity index is 3130. The first-order chi connectivity index (χ1) is 39.9. The quantitative estimate of drug-likeness (QED) is 0.0473. The number of ether oxygens (including phenoxy) is 6. The molecule has 83 heavy (non-hydrogen) atoms. The number of nitrogens with two attached hydrogens (primary N) is 1. The lowest BCUT2D eigenvalue weighted by atomic mass is 10.0. The number of aliphatic hydroxyl groups is 1. The fourth-order valence-corrected chi connectivity index (χ4v) is 10.9. The maximum atomic E-state index is 14.4. The number of nitrogens with zero attached hydrogens (tertiary/aromatic N) is 3. The van der Waals surface area contributed by atoms with Gasteiger partial charge in [-0.15, -0.1) is 0 Å². The molecule has 1 unspecified atom stereocenters. The van der Waals surface area contributed by atoms with E-state index in [1.165, 1.54) is 20.1 Å². The number of hydrogen-bond acceptors (Lipinski definition) is 16. The summed E-state index contributed by atoms with van der Waals surface area (Å²) in [6.45, 7) is 5.65. The largest absolute Gasteiger partial charge is 0.497 e. The Hall–Kier alpha value is -8.57. The van der Waals surface area contributed by atoms with Crippen LogP contribution in [0, 0.1) is 11.3 Å². The number of unbranched alkanes of at least 4 members (excludes halogenated alkanes) is 2. The number of aliphatic hydroxyl groups excluding tert-OH is 1. The minimum absolute atomic E-state index is 0.0647. The Labute approximate surface area is 481 Å². The van der Waals surface area contributed by atoms with Crippen molar-refractivity contribution in [2.75, 3.05) is 76.3 Å². The number of rotatable bonds is 23. The van der Waals surface area contributed by atoms with Crippen LogP contribution in [0.3, 0.4) is 0 Å². The number of anilines is 3. The minimum Gasteiger partial charge on any atom is -0.497 e. The van der Waals surface area contributed by atoms with Crippen molar-refractivity contribution >= 4 is 64.2 Å². The predicted molar refractivity (Wildman–Crippen MR) is 306 cm³/mol. The molecule has 5 atom stereocenters. The van der Waals surface area contributed by atoms with Crippen LogP contribution in [-0.4, -0.2) is 148 Å². The van der Waals surface area contributed by atoms with Gasteiger partial charge in [-0.3, -0.25) is 28.8 Å². The summed E-state index contributed by atoms with van der Waals surface area (Å²) in [6.07, 6.45) is 4.59. The summed E-state index contributed by atoms with van der Waals surface area (Å²) < 4.78 is 35.1. The second-order valence-electron chi connectivity index (χ2n) is 21.9. The number of carbonyl (C=O) groups is 7. The zero-order valence-corrected chi connectivity index (χ0v) is 47.5. The first kappa shape index (κ1) is 59.1. The van der Waals surface area contributed by atoms with Crippen molar-refractivity contribution in [2.24, 2.45) is 17.1 Å². The Morgan fingerprint density at radius 2 is 1.46 bits per heavy atom. The SMILES string of the molecule is COc1ccc(C2=CN3C(=O)c4cc(OC)c(OCCCCCOc5cc6c(cc5OC)C(=O)N5CC7(CC7)C[C@H]5C(O)N6C(=O)OCc5ccc(NC(=O)[C@H](C)NC(=O)[C@@H](NC(=O)CNC(=O)CN)C(C)C)cc5)cc4NC[C@@H]3C2)cc1. The van der Waals surface area contributed by atoms with E-state index in [0.29, 0.717) is 85.8 Å². The summed E-state index contributed by atoms with van der Waals surface area (Å²) in [7, 11) is 4.64. The van der Waals surface area contributed by atoms with Gasteiger partial charge in [-0.25, -0.2) is 9.69 Å². The van der Waals surface area contributed by atoms with E-state index in [9.17, 15) is 38.7 Å². The molecule has 9 rings (SSSR count). The number of methoxy groups -OCH3 is 3. The first-order valence-electron chi connectivity index (χ1n) is 28.0. The predicted octanol–water partition coefficient (Wildman–Crippen LogP) is 5.15. The third kappa shape index (κ3) is 13.4. The minimum atomic E-state index is -1.45. The van der Waals surface area contributed by atoms with Gasteiger partial charge in [0.05, 0.1) is 82.2 Å². The molecule has 0 radical (unpaired) electrons. The third-order valence-electron chi connectivity index (χ3n) is 15.8. The fourth-order valence-electron chi connectivity index (χ4n) is 10.9. The molecule has 1 saturated carbocycles. The lowest BCUT2D eigenvalue weighted by molar-refractivity contribution is -0.132. The van der Waals surface area contributed by atoms with E-state index in [4.69, 9.17) is 34.2 Å². The van der Waals surface area contributed by atoms with Crippen LogP contribution < -0.4 is 60.9 Å². The molecule has 442 valence electrons. The zero-order valence-electron chi connectivity index (χ0n) is 47.5. The number of amides is 7. The monoisotopic (exact) mass is 1140 g/mol. The van der Waals surface area contributed by atoms with Gasteiger partial charge in [0.2, 0.25) is 23.6 Å². The molecule has 4 heterocycles. The molecule has 23 nitrogen and oxygen atoms in total. The summed E-state index contributed by atoms with van der Waals surface area (Å²) in [4.78, 5) is 97.3. The van der Waals surface area contributed by atoms with Gasteiger partial charge in [-0.05, 0) is 116 Å². The van der Waals surface area contributed by atoms with E-state index < -0.39 is 54.1 Å². The van der Waals surface area contributed by atoms with Gasteiger partial charge in [0.1, 0.15) is 24.4 Å². The maximum Gasteiger partial charge on any atom is 0.416 e. The van der Waals surface area contributed by atoms with E-state index in [1.807, 2.05) is 36.5 Å². The molecule has 1 aliphatic carbocycles. The van der Waals surface area contributed by atoms with Crippen molar-refractivity contribution < 1.29 is 67.1 Å². The van der Waals surface area contributed by atoms with Crippen molar-refractivity contribution in [1.82, 2.24) is 25.8 Å². The molecule has 0 bridgehead atoms. The van der Waals surface area contributed by atoms with Crippen LogP contribution in [0.4, 0.5) is 21.9 Å². The molecule has 4 aromatic rings. The lowest BCUT2D eigenvalue weighted by Crippen LogP contribution is -2.55. The molecule has 23 heteroatoms. The van der Waals surface area contributed by atoms with Gasteiger partial charge in [0.25, 0.3) is 11.8 Å². The van der Waals surface area contributed by atoms with E-state index >= 15 is 0 Å². The fraction of sp³-hybridized carbons (Fsp3) is 0.450. The molecule has 0 aromatic heterocycles. The highest BCUT2D eigenvalue weighted by atomic mass is 16.6. The van der Waals surface area contributed by atoms with E-state index in [2.05, 4.69) is 26.6 Å². The van der Waals surface area contributed by atoms with Crippen LogP contribution in [0.15, 0.2) is 79.0 Å². The average molecular weight is 1140 g/mol. The number of nitrogens with one attached hydrogen (secondary N) is 5. The van der Waals surface area contributed by atoms with Crippen molar-refractivity contribution in [3.8, 4) is 28.7 Å². The highest BCUT2D eigenvalue weighted by molar-refractivity contribution is 6.06. The van der Waals surface area contributed by atoms with Crippen LogP contribution in [0.2, 0.25) is 0 Å². The Morgan fingerprint density at radius 3 is 2.10 bits per heavy atom. The van der Waals surface area contributed by atoms with E-state index in [0.717, 1.165) is 34.6 Å². The highest BCUT2D eigenvalue weighted by Crippen LogP contribution is 2.57. The Morgan fingerprint density at radius 1 is 0.783 bits per heavy atom. The standard InChI is InChI=1S/C60H73N9O14/c1-34(2)53(66-52(71)30-63-51(70)28-61)55(73)64-35(3)54(72)65-39-14-10-36(11-15-39)32-83-59(77)69-45-26-50(48(80-6)24-43(45)57(75)68-33-60(18-19-60)27-46(68)58(69)76)82-21-9-7-8-20-81-49-25-44-42(23-47(49)79-5)56(74)67-31-38(22-40(67)29-62-44)37-12-16-41(78-4)17-13-37/h10-17,23-26,31,34-35,40,46,53,58,62,76H,7-9,18-22,27-30,32-33,61H2,1-6H3,(H,63,70)(H,64,73)(H,65,72)(H,66,71)/t35-,40-,46-,53-,58?/m0/s1. The van der Waals surface area contributed by atoms with Crippen LogP contribution in [0.1, 0.15) is 97.6 Å². The molecular weight excluding hydrogens is 1070 g/mol. The van der Waals surface area contributed by atoms with E-state index in [1.54, 1.807) is 74.3 Å². The number of fused-ring (bicyclic) bond motifs is 4. The lowest BCUT2D eigenvalue weighted by Gasteiger charge is -2.31. The summed E-state index contributed by atoms with van der Waals surface area (Å²) in [6, 6.07) is 18.1. The third-order valence-corrected chi connectivity index (χ3v) is 15.8. The van der Waals surface area contributed by atoms with Gasteiger partial charge in [-0.1, -0.05) is 38.1 Å². The van der Waals surface area contributed by atoms with Crippen LogP contribution in [0.25, 0.3) is 5.57 Å². The number of carbonyl (C=O) groups excluding carboxylic acids is 7. The van der Waals surface area contributed by atoms with Crippen molar-refractivity contribution in [3.05, 3.63) is 101 Å². The van der Waals surface area contributed by atoms with Crippen LogP contribution >= 0.6 is 0 Å². The topological polar surface area (TPSA) is 291 Å². The molecule has 5 aliphatic rings. The first-order valence-corrected chi connectivity index (χ1v) is 28.0. The van der Waals surface area contributed by atoms with Gasteiger partial charge < -0.3 is 75.6 Å². The van der Waals surface area contributed by atoms with E-state index in [-0.39, 0.29) is 78.2 Å². The maximum absolute atomic E-state index is 14.4. The molecule has 4 aliphatic heterocycles. The van der Waals surface area contributed by atoms with Crippen molar-refractivity contribution in [1.29, 1.82) is 0 Å². The molecule has 1 saturated heterocycles. The van der Waals surface area contributed by atoms with Gasteiger partial charge in [-0.2, -0.15) is 0 Å². The summed E-state index contributed by atoms with van der Waals surface area (Å²) in [5.41, 5.74) is 9.60. The van der Waals surface area contributed by atoms with Gasteiger partial charge in [0, 0.05) is 37.1 Å². The zero-order chi connectivity index (χ0) is 59.1. The second kappa shape index (κ2) is 25.7. The van der Waals surface area contributed by atoms with Gasteiger partial charge >= 0.3 is 6.09 Å². The Balaban J connectivity index is 0.794. The normalized spacial score (nSPS) is 18.8. The average Bonchev–Trinajstić information content (AvgIpc) is 4.01. The van der Waals surface area contributed by atoms with Crippen molar-refractivity contribution in [3.63, 3.8) is 0 Å². The number of hydrogen-bond donors (Lipinski definition) is 7. The molecule has 8 N–H and O–H groups in total. The molecular formula is C60H73N9O14. The molecule has 2 fully saturated rings. The Kier molecular flexibility index (Phi) is 18.3. The van der Waals surface area contributed by atoms with Crippen LogP contribution in [-0.2, 0) is 30.5 Å². The van der Waals surface area contributed by atoms with Gasteiger partial charge in [0.15, 0.2) is 29.2 Å². The molecule has 4 aromatic carbocycles. The highest BCUT2D eigenvalue weighted by Gasteiger charge is 2.58. The summed E-state index contributed by atoms with van der Waals surface area (Å²) >= 11 is 0. The summed E-state index contributed by atoms with van der Waals surface area (Å²) in [5, 5.41) is 25.8.